The second kappa shape index (κ2) is 8.88. The predicted molar refractivity (Wildman–Crippen MR) is 131 cm³/mol. The molecule has 164 valence electrons. The van der Waals surface area contributed by atoms with E-state index in [1.54, 1.807) is 12.3 Å². The smallest absolute Gasteiger partial charge is 0.339 e. The number of rotatable bonds is 5. The van der Waals surface area contributed by atoms with Gasteiger partial charge in [0.25, 0.3) is 0 Å². The van der Waals surface area contributed by atoms with Gasteiger partial charge in [-0.15, -0.1) is 0 Å². The van der Waals surface area contributed by atoms with Crippen molar-refractivity contribution in [2.75, 3.05) is 12.0 Å². The van der Waals surface area contributed by atoms with Gasteiger partial charge >= 0.3 is 5.97 Å². The quantitative estimate of drug-likeness (QED) is 0.344. The monoisotopic (exact) mass is 454 g/mol. The van der Waals surface area contributed by atoms with Gasteiger partial charge in [0.05, 0.1) is 30.1 Å². The molecule has 0 spiro atoms. The number of thiocarbonyl (C=S) groups is 1. The zero-order valence-corrected chi connectivity index (χ0v) is 18.8. The Balaban J connectivity index is 1.69. The van der Waals surface area contributed by atoms with Crippen molar-refractivity contribution >= 4 is 29.0 Å². The van der Waals surface area contributed by atoms with Crippen LogP contribution in [0, 0.1) is 0 Å². The van der Waals surface area contributed by atoms with Crippen LogP contribution >= 0.6 is 12.2 Å². The number of hydrogen-bond acceptors (Lipinski definition) is 4. The van der Waals surface area contributed by atoms with E-state index in [1.165, 1.54) is 7.11 Å². The standard InChI is InChI=1S/C26H22N4O2S/c1-32-25(31)19-12-5-6-14-21(19)29-17-9-15-22(29)24-23(20-13-7-8-16-27-20)28-26(33)30(24)18-10-3-2-4-11-18/h2-17,23-24H,1H3,(H,28,33)/t23-,24+/m0/s1. The molecular weight excluding hydrogens is 432 g/mol. The Morgan fingerprint density at radius 2 is 1.73 bits per heavy atom. The molecule has 0 aliphatic carbocycles. The number of carbonyl (C=O) groups is 1. The Bertz CT molecular complexity index is 1290. The fourth-order valence-corrected chi connectivity index (χ4v) is 4.69. The molecule has 2 aromatic carbocycles. The third-order valence-electron chi connectivity index (χ3n) is 5.78. The molecule has 0 amide bonds. The van der Waals surface area contributed by atoms with E-state index >= 15 is 0 Å². The highest BCUT2D eigenvalue weighted by Gasteiger charge is 2.42. The van der Waals surface area contributed by atoms with Gasteiger partial charge in [-0.2, -0.15) is 0 Å². The molecule has 2 aromatic heterocycles. The van der Waals surface area contributed by atoms with Crippen LogP contribution in [0.1, 0.15) is 33.8 Å². The van der Waals surface area contributed by atoms with Crippen molar-refractivity contribution in [1.29, 1.82) is 0 Å². The summed E-state index contributed by atoms with van der Waals surface area (Å²) in [6, 6.07) is 27.0. The van der Waals surface area contributed by atoms with E-state index in [2.05, 4.69) is 21.3 Å². The van der Waals surface area contributed by atoms with Gasteiger partial charge in [0, 0.05) is 23.8 Å². The Morgan fingerprint density at radius 1 is 0.970 bits per heavy atom. The van der Waals surface area contributed by atoms with Crippen molar-refractivity contribution in [3.63, 3.8) is 0 Å². The minimum Gasteiger partial charge on any atom is -0.465 e. The van der Waals surface area contributed by atoms with Gasteiger partial charge in [-0.3, -0.25) is 4.98 Å². The molecule has 0 bridgehead atoms. The molecule has 4 aromatic rings. The number of pyridine rings is 1. The summed E-state index contributed by atoms with van der Waals surface area (Å²) in [6.07, 6.45) is 3.74. The topological polar surface area (TPSA) is 59.4 Å². The van der Waals surface area contributed by atoms with Gasteiger partial charge in [-0.25, -0.2) is 4.79 Å². The highest BCUT2D eigenvalue weighted by atomic mass is 32.1. The van der Waals surface area contributed by atoms with Gasteiger partial charge < -0.3 is 19.5 Å². The number of ether oxygens (including phenoxy) is 1. The number of nitrogens with zero attached hydrogens (tertiary/aromatic N) is 3. The fraction of sp³-hybridized carbons (Fsp3) is 0.115. The Morgan fingerprint density at radius 3 is 2.48 bits per heavy atom. The van der Waals surface area contributed by atoms with Crippen LogP contribution in [0.25, 0.3) is 5.69 Å². The highest BCUT2D eigenvalue weighted by molar-refractivity contribution is 7.80. The maximum absolute atomic E-state index is 12.5. The first kappa shape index (κ1) is 20.9. The molecule has 0 unspecified atom stereocenters. The van der Waals surface area contributed by atoms with Crippen molar-refractivity contribution in [2.24, 2.45) is 0 Å². The summed E-state index contributed by atoms with van der Waals surface area (Å²) >= 11 is 5.80. The molecule has 6 nitrogen and oxygen atoms in total. The van der Waals surface area contributed by atoms with E-state index in [9.17, 15) is 4.79 Å². The molecule has 1 aliphatic heterocycles. The number of para-hydroxylation sites is 2. The molecule has 1 fully saturated rings. The summed E-state index contributed by atoms with van der Waals surface area (Å²) in [5.41, 5.74) is 4.07. The SMILES string of the molecule is COC(=O)c1ccccc1-n1cccc1[C@@H]1[C@H](c2ccccn2)NC(=S)N1c1ccccc1. The first-order valence-electron chi connectivity index (χ1n) is 10.6. The van der Waals surface area contributed by atoms with Crippen molar-refractivity contribution in [3.8, 4) is 5.69 Å². The molecule has 5 rings (SSSR count). The largest absolute Gasteiger partial charge is 0.465 e. The summed E-state index contributed by atoms with van der Waals surface area (Å²) in [4.78, 5) is 19.2. The molecular formula is C26H22N4O2S. The van der Waals surface area contributed by atoms with Gasteiger partial charge in [0.2, 0.25) is 0 Å². The van der Waals surface area contributed by atoms with E-state index < -0.39 is 0 Å². The second-order valence-corrected chi connectivity index (χ2v) is 8.03. The number of hydrogen-bond donors (Lipinski definition) is 1. The number of esters is 1. The average molecular weight is 455 g/mol. The van der Waals surface area contributed by atoms with Crippen LogP contribution in [0.3, 0.4) is 0 Å². The van der Waals surface area contributed by atoms with Crippen LogP contribution in [-0.2, 0) is 4.74 Å². The summed E-state index contributed by atoms with van der Waals surface area (Å²) in [5.74, 6) is -0.383. The van der Waals surface area contributed by atoms with Crippen LogP contribution in [-0.4, -0.2) is 27.7 Å². The van der Waals surface area contributed by atoms with Gasteiger partial charge in [0.15, 0.2) is 5.11 Å². The van der Waals surface area contributed by atoms with Crippen LogP contribution in [0.15, 0.2) is 97.3 Å². The Hall–Kier alpha value is -3.97. The molecule has 0 radical (unpaired) electrons. The first-order valence-corrected chi connectivity index (χ1v) is 11.0. The van der Waals surface area contributed by atoms with Crippen LogP contribution in [0.4, 0.5) is 5.69 Å². The number of benzene rings is 2. The summed E-state index contributed by atoms with van der Waals surface area (Å²) in [6.45, 7) is 0. The lowest BCUT2D eigenvalue weighted by molar-refractivity contribution is 0.0600. The van der Waals surface area contributed by atoms with Gasteiger partial charge in [-0.1, -0.05) is 36.4 Å². The lowest BCUT2D eigenvalue weighted by atomic mass is 10.0. The van der Waals surface area contributed by atoms with E-state index in [-0.39, 0.29) is 18.1 Å². The zero-order chi connectivity index (χ0) is 22.8. The molecule has 33 heavy (non-hydrogen) atoms. The van der Waals surface area contributed by atoms with Crippen molar-refractivity contribution in [2.45, 2.75) is 12.1 Å². The molecule has 1 N–H and O–H groups in total. The van der Waals surface area contributed by atoms with Crippen molar-refractivity contribution < 1.29 is 9.53 Å². The number of nitrogens with one attached hydrogen (secondary N) is 1. The van der Waals surface area contributed by atoms with Crippen molar-refractivity contribution in [3.05, 3.63) is 114 Å². The van der Waals surface area contributed by atoms with E-state index in [0.717, 1.165) is 22.8 Å². The molecule has 3 heterocycles. The molecule has 7 heteroatoms. The number of anilines is 1. The normalized spacial score (nSPS) is 17.6. The van der Waals surface area contributed by atoms with Gasteiger partial charge in [0.1, 0.15) is 6.04 Å². The summed E-state index contributed by atoms with van der Waals surface area (Å²) < 4.78 is 7.06. The molecule has 1 saturated heterocycles. The molecule has 2 atom stereocenters. The number of aromatic nitrogens is 2. The predicted octanol–water partition coefficient (Wildman–Crippen LogP) is 4.84. The Labute approximate surface area is 197 Å². The lowest BCUT2D eigenvalue weighted by Crippen LogP contribution is -2.30. The Kier molecular flexibility index (Phi) is 5.62. The minimum atomic E-state index is -0.383. The van der Waals surface area contributed by atoms with E-state index in [0.29, 0.717) is 10.7 Å². The van der Waals surface area contributed by atoms with Crippen LogP contribution in [0.2, 0.25) is 0 Å². The van der Waals surface area contributed by atoms with E-state index in [1.807, 2.05) is 83.6 Å². The second-order valence-electron chi connectivity index (χ2n) is 7.64. The fourth-order valence-electron chi connectivity index (χ4n) is 4.34. The maximum Gasteiger partial charge on any atom is 0.339 e. The number of carbonyl (C=O) groups excluding carboxylic acids is 1. The number of methoxy groups -OCH3 is 1. The molecule has 1 aliphatic rings. The maximum atomic E-state index is 12.5. The van der Waals surface area contributed by atoms with Crippen molar-refractivity contribution in [1.82, 2.24) is 14.9 Å². The summed E-state index contributed by atoms with van der Waals surface area (Å²) in [5, 5.41) is 4.10. The van der Waals surface area contributed by atoms with Crippen LogP contribution in [0.5, 0.6) is 0 Å². The lowest BCUT2D eigenvalue weighted by Gasteiger charge is -2.29. The van der Waals surface area contributed by atoms with E-state index in [4.69, 9.17) is 17.0 Å². The third kappa shape index (κ3) is 3.76. The average Bonchev–Trinajstić information content (AvgIpc) is 3.48. The first-order chi connectivity index (χ1) is 16.2. The van der Waals surface area contributed by atoms with Gasteiger partial charge in [-0.05, 0) is 60.7 Å². The summed E-state index contributed by atoms with van der Waals surface area (Å²) in [7, 11) is 1.39. The minimum absolute atomic E-state index is 0.183. The third-order valence-corrected chi connectivity index (χ3v) is 6.10. The molecule has 0 saturated carbocycles. The van der Waals surface area contributed by atoms with Crippen LogP contribution < -0.4 is 10.2 Å². The zero-order valence-electron chi connectivity index (χ0n) is 18.0. The highest BCUT2D eigenvalue weighted by Crippen LogP contribution is 2.42.